The zero-order valence-corrected chi connectivity index (χ0v) is 16.1. The number of nitrogens with zero attached hydrogens (tertiary/aromatic N) is 4. The Labute approximate surface area is 158 Å². The Morgan fingerprint density at radius 3 is 2.67 bits per heavy atom. The molecule has 2 N–H and O–H groups in total. The van der Waals surface area contributed by atoms with Crippen molar-refractivity contribution < 1.29 is 17.9 Å². The molecule has 1 fully saturated rings. The van der Waals surface area contributed by atoms with Crippen molar-refractivity contribution in [1.29, 1.82) is 0 Å². The van der Waals surface area contributed by atoms with Crippen LogP contribution in [0.5, 0.6) is 0 Å². The lowest BCUT2D eigenvalue weighted by Gasteiger charge is -2.33. The second-order valence-corrected chi connectivity index (χ2v) is 6.71. The quantitative estimate of drug-likeness (QED) is 0.421. The largest absolute Gasteiger partial charge is 0.435 e. The van der Waals surface area contributed by atoms with Crippen LogP contribution in [0.25, 0.3) is 0 Å². The van der Waals surface area contributed by atoms with Crippen molar-refractivity contribution in [3.63, 3.8) is 0 Å². The van der Waals surface area contributed by atoms with Crippen molar-refractivity contribution in [3.8, 4) is 0 Å². The minimum Gasteiger partial charge on any atom is -0.385 e. The zero-order chi connectivity index (χ0) is 19.9. The fraction of sp³-hybridized carbons (Fsp3) is 0.765. The summed E-state index contributed by atoms with van der Waals surface area (Å²) in [5, 5.41) is 9.79. The molecule has 154 valence electrons. The number of nitrogens with one attached hydrogen (secondary N) is 2. The lowest BCUT2D eigenvalue weighted by molar-refractivity contribution is -0.142. The summed E-state index contributed by atoms with van der Waals surface area (Å²) < 4.78 is 45.3. The summed E-state index contributed by atoms with van der Waals surface area (Å²) in [5.74, 6) is 0.504. The molecular formula is C17H29F3N6O. The fourth-order valence-electron chi connectivity index (χ4n) is 3.21. The Balaban J connectivity index is 1.81. The van der Waals surface area contributed by atoms with Gasteiger partial charge in [-0.05, 0) is 19.3 Å². The van der Waals surface area contributed by atoms with Gasteiger partial charge >= 0.3 is 6.18 Å². The molecule has 1 aliphatic heterocycles. The van der Waals surface area contributed by atoms with Crippen LogP contribution in [0.15, 0.2) is 11.2 Å². The molecule has 2 rings (SSSR count). The van der Waals surface area contributed by atoms with E-state index in [2.05, 4.69) is 25.6 Å². The van der Waals surface area contributed by atoms with Gasteiger partial charge < -0.3 is 20.3 Å². The van der Waals surface area contributed by atoms with Crippen molar-refractivity contribution >= 4 is 5.96 Å². The maximum atomic E-state index is 13.0. The van der Waals surface area contributed by atoms with E-state index in [-0.39, 0.29) is 18.2 Å². The third kappa shape index (κ3) is 6.69. The third-order valence-electron chi connectivity index (χ3n) is 4.59. The topological polar surface area (TPSA) is 66.7 Å². The molecule has 1 aliphatic rings. The van der Waals surface area contributed by atoms with E-state index in [0.717, 1.165) is 45.5 Å². The molecule has 27 heavy (non-hydrogen) atoms. The summed E-state index contributed by atoms with van der Waals surface area (Å²) >= 11 is 0. The Hall–Kier alpha value is -1.81. The van der Waals surface area contributed by atoms with Gasteiger partial charge in [0.05, 0.1) is 0 Å². The van der Waals surface area contributed by atoms with Crippen molar-refractivity contribution in [3.05, 3.63) is 17.5 Å². The number of halogens is 3. The van der Waals surface area contributed by atoms with E-state index in [0.29, 0.717) is 5.96 Å². The van der Waals surface area contributed by atoms with E-state index in [9.17, 15) is 13.2 Å². The van der Waals surface area contributed by atoms with E-state index in [4.69, 9.17) is 4.74 Å². The van der Waals surface area contributed by atoms with Gasteiger partial charge in [-0.3, -0.25) is 9.67 Å². The number of hydrogen-bond donors (Lipinski definition) is 2. The number of aromatic nitrogens is 2. The zero-order valence-electron chi connectivity index (χ0n) is 16.1. The van der Waals surface area contributed by atoms with Crippen molar-refractivity contribution in [2.24, 2.45) is 12.0 Å². The molecule has 0 unspecified atom stereocenters. The SMILES string of the molecule is CN=C(NCc1cn(C)nc1C(F)(F)F)NC1CCN(CCCOC)CC1. The molecule has 0 bridgehead atoms. The second kappa shape index (κ2) is 9.93. The summed E-state index contributed by atoms with van der Waals surface area (Å²) in [6, 6.07) is 0.255. The van der Waals surface area contributed by atoms with Gasteiger partial charge in [0.1, 0.15) is 0 Å². The summed E-state index contributed by atoms with van der Waals surface area (Å²) in [7, 11) is 4.80. The summed E-state index contributed by atoms with van der Waals surface area (Å²) in [6.07, 6.45) is -0.139. The Morgan fingerprint density at radius 1 is 1.37 bits per heavy atom. The van der Waals surface area contributed by atoms with Gasteiger partial charge in [-0.1, -0.05) is 0 Å². The van der Waals surface area contributed by atoms with Crippen LogP contribution in [0.1, 0.15) is 30.5 Å². The minimum absolute atomic E-state index is 0.0121. The number of piperidine rings is 1. The maximum Gasteiger partial charge on any atom is 0.435 e. The Bertz CT molecular complexity index is 608. The first kappa shape index (κ1) is 21.5. The first-order valence-corrected chi connectivity index (χ1v) is 9.11. The van der Waals surface area contributed by atoms with Crippen LogP contribution < -0.4 is 10.6 Å². The number of likely N-dealkylation sites (tertiary alicyclic amines) is 1. The molecule has 1 aromatic heterocycles. The number of alkyl halides is 3. The highest BCUT2D eigenvalue weighted by atomic mass is 19.4. The average molecular weight is 390 g/mol. The summed E-state index contributed by atoms with van der Waals surface area (Å²) in [5.41, 5.74) is -0.766. The van der Waals surface area contributed by atoms with Gasteiger partial charge in [0.25, 0.3) is 0 Å². The number of rotatable bonds is 7. The number of methoxy groups -OCH3 is 1. The maximum absolute atomic E-state index is 13.0. The molecule has 1 aromatic rings. The van der Waals surface area contributed by atoms with Crippen LogP contribution in [0, 0.1) is 0 Å². The van der Waals surface area contributed by atoms with E-state index in [1.807, 2.05) is 0 Å². The van der Waals surface area contributed by atoms with Gasteiger partial charge in [0.2, 0.25) is 0 Å². The van der Waals surface area contributed by atoms with Gasteiger partial charge in [0.15, 0.2) is 11.7 Å². The van der Waals surface area contributed by atoms with Crippen LogP contribution in [0.4, 0.5) is 13.2 Å². The molecule has 2 heterocycles. The number of aryl methyl sites for hydroxylation is 1. The average Bonchev–Trinajstić information content (AvgIpc) is 3.01. The molecule has 0 aliphatic carbocycles. The van der Waals surface area contributed by atoms with Gasteiger partial charge in [-0.15, -0.1) is 0 Å². The van der Waals surface area contributed by atoms with Crippen LogP contribution in [0.2, 0.25) is 0 Å². The molecule has 7 nitrogen and oxygen atoms in total. The minimum atomic E-state index is -4.47. The molecule has 0 aromatic carbocycles. The highest BCUT2D eigenvalue weighted by Gasteiger charge is 2.36. The number of ether oxygens (including phenoxy) is 1. The van der Waals surface area contributed by atoms with Gasteiger partial charge in [-0.25, -0.2) is 0 Å². The van der Waals surface area contributed by atoms with Gasteiger partial charge in [-0.2, -0.15) is 18.3 Å². The summed E-state index contributed by atoms with van der Waals surface area (Å²) in [4.78, 5) is 6.53. The molecule has 1 saturated heterocycles. The lowest BCUT2D eigenvalue weighted by Crippen LogP contribution is -2.48. The standard InChI is InChI=1S/C17H29F3N6O/c1-21-16(22-11-13-12-25(2)24-15(13)17(18,19)20)23-14-5-8-26(9-6-14)7-4-10-27-3/h12,14H,4-11H2,1-3H3,(H2,21,22,23). The molecule has 0 amide bonds. The monoisotopic (exact) mass is 390 g/mol. The Morgan fingerprint density at radius 2 is 2.07 bits per heavy atom. The first-order valence-electron chi connectivity index (χ1n) is 9.11. The normalized spacial score (nSPS) is 17.3. The summed E-state index contributed by atoms with van der Waals surface area (Å²) in [6.45, 7) is 3.77. The van der Waals surface area contributed by atoms with Crippen molar-refractivity contribution in [1.82, 2.24) is 25.3 Å². The molecule has 0 atom stereocenters. The number of guanidine groups is 1. The van der Waals surface area contributed by atoms with E-state index in [1.165, 1.54) is 17.9 Å². The van der Waals surface area contributed by atoms with Crippen molar-refractivity contribution in [2.45, 2.75) is 38.0 Å². The fourth-order valence-corrected chi connectivity index (χ4v) is 3.21. The number of aliphatic imine (C=N–C) groups is 1. The first-order chi connectivity index (χ1) is 12.8. The van der Waals surface area contributed by atoms with Crippen LogP contribution in [-0.2, 0) is 24.5 Å². The van der Waals surface area contributed by atoms with Crippen molar-refractivity contribution in [2.75, 3.05) is 40.4 Å². The number of hydrogen-bond acceptors (Lipinski definition) is 4. The lowest BCUT2D eigenvalue weighted by atomic mass is 10.1. The predicted molar refractivity (Wildman–Crippen MR) is 97.5 cm³/mol. The van der Waals surface area contributed by atoms with E-state index >= 15 is 0 Å². The highest BCUT2D eigenvalue weighted by molar-refractivity contribution is 5.80. The smallest absolute Gasteiger partial charge is 0.385 e. The predicted octanol–water partition coefficient (Wildman–Crippen LogP) is 1.60. The molecular weight excluding hydrogens is 361 g/mol. The van der Waals surface area contributed by atoms with E-state index in [1.54, 1.807) is 14.2 Å². The second-order valence-electron chi connectivity index (χ2n) is 6.71. The Kier molecular flexibility index (Phi) is 7.91. The van der Waals surface area contributed by atoms with Crippen LogP contribution in [-0.4, -0.2) is 67.1 Å². The third-order valence-corrected chi connectivity index (χ3v) is 4.59. The molecule has 0 spiro atoms. The highest BCUT2D eigenvalue weighted by Crippen LogP contribution is 2.30. The van der Waals surface area contributed by atoms with Crippen LogP contribution >= 0.6 is 0 Å². The molecule has 0 radical (unpaired) electrons. The van der Waals surface area contributed by atoms with E-state index < -0.39 is 11.9 Å². The van der Waals surface area contributed by atoms with Gasteiger partial charge in [0, 0.05) is 71.8 Å². The molecule has 10 heteroatoms. The van der Waals surface area contributed by atoms with Crippen LogP contribution in [0.3, 0.4) is 0 Å². The molecule has 0 saturated carbocycles.